The molecule has 1 saturated heterocycles. The zero-order valence-corrected chi connectivity index (χ0v) is 21.7. The Labute approximate surface area is 216 Å². The number of anilines is 1. The van der Waals surface area contributed by atoms with Gasteiger partial charge in [0.15, 0.2) is 5.69 Å². The van der Waals surface area contributed by atoms with Crippen molar-refractivity contribution in [3.63, 3.8) is 0 Å². The highest BCUT2D eigenvalue weighted by atomic mass is 35.5. The lowest BCUT2D eigenvalue weighted by Crippen LogP contribution is -2.52. The van der Waals surface area contributed by atoms with Crippen LogP contribution < -0.4 is 5.32 Å². The summed E-state index contributed by atoms with van der Waals surface area (Å²) in [5.41, 5.74) is -0.229. The zero-order chi connectivity index (χ0) is 27.5. The van der Waals surface area contributed by atoms with Gasteiger partial charge >= 0.3 is 12.3 Å². The Kier molecular flexibility index (Phi) is 8.72. The number of aromatic nitrogens is 4. The van der Waals surface area contributed by atoms with Gasteiger partial charge in [0.25, 0.3) is 0 Å². The Morgan fingerprint density at radius 2 is 1.76 bits per heavy atom. The molecule has 1 unspecified atom stereocenters. The summed E-state index contributed by atoms with van der Waals surface area (Å²) in [6.45, 7) is 8.09. The maximum Gasteiger partial charge on any atom is 0.436 e. The molecule has 1 aliphatic rings. The molecule has 0 spiro atoms. The van der Waals surface area contributed by atoms with E-state index in [0.717, 1.165) is 4.68 Å². The molecule has 1 N–H and O–H groups in total. The first-order chi connectivity index (χ1) is 17.3. The molecular formula is C22H29ClF3N7O4. The maximum atomic E-state index is 13.0. The fourth-order valence-electron chi connectivity index (χ4n) is 3.85. The average Bonchev–Trinajstić information content (AvgIpc) is 3.35. The summed E-state index contributed by atoms with van der Waals surface area (Å²) >= 11 is 5.74. The first-order valence-electron chi connectivity index (χ1n) is 11.7. The van der Waals surface area contributed by atoms with Crippen LogP contribution in [0.3, 0.4) is 0 Å². The number of ether oxygens (including phenoxy) is 1. The minimum atomic E-state index is -4.69. The summed E-state index contributed by atoms with van der Waals surface area (Å²) < 4.78 is 46.5. The fraction of sp³-hybridized carbons (Fsp3) is 0.591. The van der Waals surface area contributed by atoms with Crippen molar-refractivity contribution < 1.29 is 32.3 Å². The quantitative estimate of drug-likeness (QED) is 0.569. The van der Waals surface area contributed by atoms with Crippen LogP contribution in [0.5, 0.6) is 0 Å². The van der Waals surface area contributed by atoms with E-state index in [1.165, 1.54) is 17.8 Å². The van der Waals surface area contributed by atoms with Crippen molar-refractivity contribution >= 4 is 35.2 Å². The summed E-state index contributed by atoms with van der Waals surface area (Å²) in [6.07, 6.45) is -3.72. The normalized spacial score (nSPS) is 15.0. The van der Waals surface area contributed by atoms with Gasteiger partial charge in [-0.15, -0.1) is 0 Å². The molecule has 37 heavy (non-hydrogen) atoms. The smallest absolute Gasteiger partial charge is 0.436 e. The van der Waals surface area contributed by atoms with Gasteiger partial charge in [-0.1, -0.05) is 11.6 Å². The molecule has 0 aliphatic carbocycles. The highest BCUT2D eigenvalue weighted by Gasteiger charge is 2.38. The van der Waals surface area contributed by atoms with Crippen LogP contribution in [0.1, 0.15) is 43.4 Å². The van der Waals surface area contributed by atoms with Crippen LogP contribution in [0.4, 0.5) is 23.7 Å². The summed E-state index contributed by atoms with van der Waals surface area (Å²) in [7, 11) is 0. The van der Waals surface area contributed by atoms with Crippen LogP contribution >= 0.6 is 11.6 Å². The van der Waals surface area contributed by atoms with E-state index < -0.39 is 34.9 Å². The van der Waals surface area contributed by atoms with Gasteiger partial charge in [0, 0.05) is 38.8 Å². The number of rotatable bonds is 7. The second-order valence-corrected chi connectivity index (χ2v) is 8.94. The number of aryl methyl sites for hydroxylation is 2. The zero-order valence-electron chi connectivity index (χ0n) is 20.9. The number of hydrogen-bond donors (Lipinski definition) is 1. The predicted octanol–water partition coefficient (Wildman–Crippen LogP) is 3.26. The Morgan fingerprint density at radius 1 is 1.14 bits per heavy atom. The van der Waals surface area contributed by atoms with Crippen molar-refractivity contribution in [2.45, 2.75) is 52.9 Å². The van der Waals surface area contributed by atoms with E-state index in [-0.39, 0.29) is 31.2 Å². The van der Waals surface area contributed by atoms with Crippen LogP contribution in [0, 0.1) is 13.8 Å². The van der Waals surface area contributed by atoms with Crippen molar-refractivity contribution in [3.05, 3.63) is 28.3 Å². The molecule has 0 radical (unpaired) electrons. The fourth-order valence-corrected chi connectivity index (χ4v) is 4.09. The third kappa shape index (κ3) is 6.53. The van der Waals surface area contributed by atoms with Crippen LogP contribution in [0.2, 0.25) is 5.02 Å². The van der Waals surface area contributed by atoms with Gasteiger partial charge in [-0.25, -0.2) is 4.79 Å². The lowest BCUT2D eigenvalue weighted by Gasteiger charge is -2.35. The molecule has 0 bridgehead atoms. The number of piperazine rings is 1. The third-order valence-electron chi connectivity index (χ3n) is 6.01. The molecule has 2 aromatic heterocycles. The molecular weight excluding hydrogens is 519 g/mol. The van der Waals surface area contributed by atoms with Crippen molar-refractivity contribution in [3.8, 4) is 0 Å². The lowest BCUT2D eigenvalue weighted by atomic mass is 10.2. The number of amides is 3. The minimum Gasteiger partial charge on any atom is -0.450 e. The van der Waals surface area contributed by atoms with E-state index in [1.54, 1.807) is 30.6 Å². The predicted molar refractivity (Wildman–Crippen MR) is 127 cm³/mol. The van der Waals surface area contributed by atoms with Crippen LogP contribution in [0.15, 0.2) is 6.20 Å². The summed E-state index contributed by atoms with van der Waals surface area (Å²) in [5, 5.41) is 10.00. The van der Waals surface area contributed by atoms with E-state index in [4.69, 9.17) is 16.3 Å². The van der Waals surface area contributed by atoms with Crippen molar-refractivity contribution in [2.24, 2.45) is 0 Å². The molecule has 0 saturated carbocycles. The molecule has 204 valence electrons. The average molecular weight is 548 g/mol. The number of carbonyl (C=O) groups excluding carboxylic acids is 3. The Morgan fingerprint density at radius 3 is 2.32 bits per heavy atom. The molecule has 3 heterocycles. The minimum absolute atomic E-state index is 0.104. The topological polar surface area (TPSA) is 115 Å². The van der Waals surface area contributed by atoms with Crippen molar-refractivity contribution in [1.82, 2.24) is 29.4 Å². The second kappa shape index (κ2) is 11.4. The van der Waals surface area contributed by atoms with Gasteiger partial charge in [0.1, 0.15) is 6.04 Å². The Hall–Kier alpha value is -3.29. The third-order valence-corrected chi connectivity index (χ3v) is 6.47. The van der Waals surface area contributed by atoms with Gasteiger partial charge in [0.05, 0.1) is 35.2 Å². The van der Waals surface area contributed by atoms with Gasteiger partial charge in [-0.05, 0) is 27.7 Å². The molecule has 2 aromatic rings. The van der Waals surface area contributed by atoms with Crippen LogP contribution in [0.25, 0.3) is 0 Å². The van der Waals surface area contributed by atoms with Gasteiger partial charge in [-0.2, -0.15) is 23.4 Å². The first kappa shape index (κ1) is 28.3. The second-order valence-electron chi connectivity index (χ2n) is 8.56. The Bertz CT molecular complexity index is 1160. The monoisotopic (exact) mass is 547 g/mol. The summed E-state index contributed by atoms with van der Waals surface area (Å²) in [5.74, 6) is -0.647. The number of carbonyl (C=O) groups is 3. The lowest BCUT2D eigenvalue weighted by molar-refractivity contribution is -0.141. The van der Waals surface area contributed by atoms with Crippen LogP contribution in [-0.4, -0.2) is 80.1 Å². The van der Waals surface area contributed by atoms with Crippen molar-refractivity contribution in [2.75, 3.05) is 38.1 Å². The van der Waals surface area contributed by atoms with Crippen molar-refractivity contribution in [1.29, 1.82) is 0 Å². The molecule has 0 aromatic carbocycles. The highest BCUT2D eigenvalue weighted by Crippen LogP contribution is 2.35. The highest BCUT2D eigenvalue weighted by molar-refractivity contribution is 6.31. The molecule has 3 amide bonds. The summed E-state index contributed by atoms with van der Waals surface area (Å²) in [6, 6.07) is -0.659. The summed E-state index contributed by atoms with van der Waals surface area (Å²) in [4.78, 5) is 40.5. The Balaban J connectivity index is 1.57. The number of halogens is 4. The van der Waals surface area contributed by atoms with Gasteiger partial charge in [-0.3, -0.25) is 19.0 Å². The van der Waals surface area contributed by atoms with E-state index in [0.29, 0.717) is 37.6 Å². The number of alkyl halides is 3. The van der Waals surface area contributed by atoms with Gasteiger partial charge in [0.2, 0.25) is 11.8 Å². The number of nitrogens with one attached hydrogen (secondary N) is 1. The van der Waals surface area contributed by atoms with E-state index in [2.05, 4.69) is 15.5 Å². The van der Waals surface area contributed by atoms with Crippen LogP contribution in [-0.2, 0) is 27.0 Å². The molecule has 1 fully saturated rings. The molecule has 1 atom stereocenters. The largest absolute Gasteiger partial charge is 0.450 e. The van der Waals surface area contributed by atoms with E-state index >= 15 is 0 Å². The number of hydrogen-bond acceptors (Lipinski definition) is 6. The molecule has 11 nitrogen and oxygen atoms in total. The standard InChI is InChI=1S/C22H29ClF3N7O4/c1-5-37-21(36)31-10-8-30(9-11-31)20(35)15(4)33-12-16(13(2)28-33)27-17(34)6-7-32-14(3)18(23)19(29-32)22(24,25)26/h12,15H,5-11H2,1-4H3,(H,27,34). The first-order valence-corrected chi connectivity index (χ1v) is 12.1. The van der Waals surface area contributed by atoms with Gasteiger partial charge < -0.3 is 19.9 Å². The molecule has 3 rings (SSSR count). The number of nitrogens with zero attached hydrogens (tertiary/aromatic N) is 6. The van der Waals surface area contributed by atoms with E-state index in [1.807, 2.05) is 0 Å². The molecule has 15 heteroatoms. The maximum absolute atomic E-state index is 13.0. The van der Waals surface area contributed by atoms with E-state index in [9.17, 15) is 27.6 Å². The molecule has 1 aliphatic heterocycles. The SMILES string of the molecule is CCOC(=O)N1CCN(C(=O)C(C)n2cc(NC(=O)CCn3nc(C(F)(F)F)c(Cl)c3C)c(C)n2)CC1.